The van der Waals surface area contributed by atoms with Gasteiger partial charge in [-0.25, -0.2) is 0 Å². The molecular formula is C29H31Cl2N3O3. The van der Waals surface area contributed by atoms with E-state index in [-0.39, 0.29) is 18.4 Å². The third-order valence-electron chi connectivity index (χ3n) is 7.67. The second-order valence-electron chi connectivity index (χ2n) is 10.1. The van der Waals surface area contributed by atoms with Crippen molar-refractivity contribution in [2.75, 3.05) is 13.1 Å². The van der Waals surface area contributed by atoms with Crippen LogP contribution in [-0.4, -0.2) is 41.3 Å². The number of rotatable bonds is 7. The van der Waals surface area contributed by atoms with Crippen LogP contribution in [0.1, 0.15) is 29.5 Å². The molecule has 2 N–H and O–H groups in total. The molecule has 3 atom stereocenters. The van der Waals surface area contributed by atoms with E-state index in [1.165, 1.54) is 0 Å². The van der Waals surface area contributed by atoms with Gasteiger partial charge in [-0.3, -0.25) is 9.69 Å². The molecule has 37 heavy (non-hydrogen) atoms. The number of para-hydroxylation sites is 1. The van der Waals surface area contributed by atoms with E-state index in [1.807, 2.05) is 65.6 Å². The molecule has 0 spiro atoms. The number of quaternary nitrogens is 1. The Morgan fingerprint density at radius 3 is 2.46 bits per heavy atom. The van der Waals surface area contributed by atoms with Crippen LogP contribution in [0.4, 0.5) is 5.69 Å². The molecule has 0 aromatic heterocycles. The molecule has 194 valence electrons. The zero-order chi connectivity index (χ0) is 26.0. The number of amides is 1. The Labute approximate surface area is 227 Å². The molecule has 0 aliphatic carbocycles. The van der Waals surface area contributed by atoms with Gasteiger partial charge in [0.05, 0.1) is 0 Å². The Balaban J connectivity index is 1.24. The first-order chi connectivity index (χ1) is 17.8. The van der Waals surface area contributed by atoms with Crippen molar-refractivity contribution in [1.29, 1.82) is 0 Å². The predicted molar refractivity (Wildman–Crippen MR) is 148 cm³/mol. The van der Waals surface area contributed by atoms with Gasteiger partial charge in [-0.15, -0.1) is 0 Å². The monoisotopic (exact) mass is 539 g/mol. The Bertz CT molecular complexity index is 1250. The normalized spacial score (nSPS) is 23.0. The van der Waals surface area contributed by atoms with Crippen molar-refractivity contribution < 1.29 is 9.90 Å². The maximum atomic E-state index is 14.5. The minimum absolute atomic E-state index is 0.0130. The second kappa shape index (κ2) is 11.1. The third kappa shape index (κ3) is 5.70. The van der Waals surface area contributed by atoms with Gasteiger partial charge in [0.15, 0.2) is 6.23 Å². The molecule has 5 rings (SSSR count). The average molecular weight is 540 g/mol. The van der Waals surface area contributed by atoms with Crippen LogP contribution in [-0.2, 0) is 24.3 Å². The van der Waals surface area contributed by atoms with Crippen molar-refractivity contribution in [2.24, 2.45) is 5.92 Å². The first-order valence-electron chi connectivity index (χ1n) is 12.7. The van der Waals surface area contributed by atoms with E-state index >= 15 is 0 Å². The molecule has 1 amide bonds. The van der Waals surface area contributed by atoms with Crippen molar-refractivity contribution in [3.05, 3.63) is 105 Å². The number of carbonyl (C=O) groups is 1. The lowest BCUT2D eigenvalue weighted by molar-refractivity contribution is -0.128. The van der Waals surface area contributed by atoms with E-state index in [1.54, 1.807) is 12.1 Å². The summed E-state index contributed by atoms with van der Waals surface area (Å²) in [4.78, 5) is 14.7. The number of halogens is 2. The van der Waals surface area contributed by atoms with Crippen LogP contribution in [0.25, 0.3) is 0 Å². The summed E-state index contributed by atoms with van der Waals surface area (Å²) >= 11 is 12.1. The van der Waals surface area contributed by atoms with Crippen molar-refractivity contribution >= 4 is 34.8 Å². The highest BCUT2D eigenvalue weighted by atomic mass is 35.5. The fourth-order valence-electron chi connectivity index (χ4n) is 5.64. The number of hydroxylamine groups is 2. The van der Waals surface area contributed by atoms with Crippen molar-refractivity contribution in [1.82, 2.24) is 14.9 Å². The van der Waals surface area contributed by atoms with Crippen LogP contribution in [0.3, 0.4) is 0 Å². The highest BCUT2D eigenvalue weighted by Crippen LogP contribution is 2.42. The first kappa shape index (κ1) is 26.2. The minimum atomic E-state index is -0.910. The van der Waals surface area contributed by atoms with Gasteiger partial charge in [-0.05, 0) is 48.7 Å². The van der Waals surface area contributed by atoms with Gasteiger partial charge < -0.3 is 20.3 Å². The Morgan fingerprint density at radius 2 is 1.73 bits per heavy atom. The number of likely N-dealkylation sites (tertiary alicyclic amines) is 1. The van der Waals surface area contributed by atoms with Gasteiger partial charge in [0, 0.05) is 53.1 Å². The number of fused-ring (bicyclic) bond motifs is 1. The summed E-state index contributed by atoms with van der Waals surface area (Å²) in [6.45, 7) is 1.77. The Kier molecular flexibility index (Phi) is 7.86. The molecule has 0 bridgehead atoms. The van der Waals surface area contributed by atoms with Crippen LogP contribution < -0.4 is 9.96 Å². The molecule has 6 nitrogen and oxygen atoms in total. The largest absolute Gasteiger partial charge is 0.627 e. The standard InChI is InChI=1S/C29H31Cl2N3O3/c30-24-10-8-20(9-11-24)19-34(37)26-7-2-1-5-23(26)17-27(34)29(36)33-14-12-22(13-15-33)28(35)32-18-21-4-3-6-25(31)16-21/h1-11,16,22,27,29,36H,12-15,17-19H2,(H,32,35). The lowest BCUT2D eigenvalue weighted by atomic mass is 9.94. The highest BCUT2D eigenvalue weighted by Gasteiger charge is 2.47. The van der Waals surface area contributed by atoms with E-state index in [4.69, 9.17) is 23.2 Å². The van der Waals surface area contributed by atoms with Crippen molar-refractivity contribution in [2.45, 2.75) is 44.6 Å². The van der Waals surface area contributed by atoms with Gasteiger partial charge in [-0.2, -0.15) is 0 Å². The lowest BCUT2D eigenvalue weighted by Gasteiger charge is -2.48. The van der Waals surface area contributed by atoms with Crippen LogP contribution in [0.2, 0.25) is 10.0 Å². The molecule has 2 aliphatic heterocycles. The van der Waals surface area contributed by atoms with E-state index in [0.717, 1.165) is 16.7 Å². The molecule has 2 aliphatic rings. The predicted octanol–water partition coefficient (Wildman–Crippen LogP) is 5.27. The topological polar surface area (TPSA) is 75.6 Å². The minimum Gasteiger partial charge on any atom is -0.627 e. The first-order valence-corrected chi connectivity index (χ1v) is 13.4. The summed E-state index contributed by atoms with van der Waals surface area (Å²) in [6.07, 6.45) is 0.865. The Hall–Kier alpha value is -2.45. The molecule has 3 aromatic carbocycles. The summed E-state index contributed by atoms with van der Waals surface area (Å²) in [6, 6.07) is 21.9. The number of piperidine rings is 1. The third-order valence-corrected chi connectivity index (χ3v) is 8.16. The number of carbonyl (C=O) groups excluding carboxylic acids is 1. The number of hydrogen-bond acceptors (Lipinski definition) is 4. The highest BCUT2D eigenvalue weighted by molar-refractivity contribution is 6.30. The summed E-state index contributed by atoms with van der Waals surface area (Å²) in [7, 11) is 0. The quantitative estimate of drug-likeness (QED) is 0.316. The van der Waals surface area contributed by atoms with Crippen LogP contribution in [0.15, 0.2) is 72.8 Å². The number of nitrogens with one attached hydrogen (secondary N) is 1. The summed E-state index contributed by atoms with van der Waals surface area (Å²) in [5.74, 6) is -0.108. The maximum Gasteiger partial charge on any atom is 0.223 e. The molecule has 1 saturated heterocycles. The molecule has 8 heteroatoms. The SMILES string of the molecule is O=C(NCc1cccc(Cl)c1)C1CCN(C(O)C2Cc3ccccc3[N+]2([O-])Cc2ccc(Cl)cc2)CC1. The van der Waals surface area contributed by atoms with Gasteiger partial charge in [0.1, 0.15) is 18.3 Å². The van der Waals surface area contributed by atoms with Gasteiger partial charge in [-0.1, -0.05) is 65.7 Å². The van der Waals surface area contributed by atoms with E-state index in [9.17, 15) is 15.1 Å². The smallest absolute Gasteiger partial charge is 0.223 e. The molecule has 2 heterocycles. The fourth-order valence-corrected chi connectivity index (χ4v) is 5.98. The zero-order valence-electron chi connectivity index (χ0n) is 20.5. The second-order valence-corrected chi connectivity index (χ2v) is 10.9. The zero-order valence-corrected chi connectivity index (χ0v) is 22.0. The molecular weight excluding hydrogens is 509 g/mol. The van der Waals surface area contributed by atoms with Gasteiger partial charge >= 0.3 is 0 Å². The van der Waals surface area contributed by atoms with Gasteiger partial charge in [0.2, 0.25) is 5.91 Å². The van der Waals surface area contributed by atoms with Crippen molar-refractivity contribution in [3.63, 3.8) is 0 Å². The van der Waals surface area contributed by atoms with E-state index < -0.39 is 16.9 Å². The average Bonchev–Trinajstić information content (AvgIpc) is 3.20. The molecule has 3 aromatic rings. The molecule has 0 saturated carbocycles. The van der Waals surface area contributed by atoms with Gasteiger partial charge in [0.25, 0.3) is 0 Å². The van der Waals surface area contributed by atoms with Crippen LogP contribution in [0, 0.1) is 11.1 Å². The Morgan fingerprint density at radius 1 is 1.00 bits per heavy atom. The van der Waals surface area contributed by atoms with Crippen LogP contribution >= 0.6 is 23.2 Å². The number of aliphatic hydroxyl groups is 1. The van der Waals surface area contributed by atoms with Crippen LogP contribution in [0.5, 0.6) is 0 Å². The summed E-state index contributed by atoms with van der Waals surface area (Å²) in [5.41, 5.74) is 3.52. The number of hydrogen-bond donors (Lipinski definition) is 2. The molecule has 3 unspecified atom stereocenters. The number of nitrogens with zero attached hydrogens (tertiary/aromatic N) is 2. The van der Waals surface area contributed by atoms with E-state index in [2.05, 4.69) is 5.32 Å². The maximum absolute atomic E-state index is 14.5. The fraction of sp³-hybridized carbons (Fsp3) is 0.345. The molecule has 0 radical (unpaired) electrons. The number of aliphatic hydroxyl groups excluding tert-OH is 1. The number of benzene rings is 3. The molecule has 1 fully saturated rings. The summed E-state index contributed by atoms with van der Waals surface area (Å²) in [5, 5.41) is 30.2. The lowest BCUT2D eigenvalue weighted by Crippen LogP contribution is -2.60. The van der Waals surface area contributed by atoms with E-state index in [0.29, 0.717) is 54.6 Å². The van der Waals surface area contributed by atoms with Crippen molar-refractivity contribution in [3.8, 4) is 0 Å². The summed E-state index contributed by atoms with van der Waals surface area (Å²) < 4.78 is -0.612.